The first kappa shape index (κ1) is 22.8. The molecule has 1 atom stereocenters. The van der Waals surface area contributed by atoms with Gasteiger partial charge in [-0.2, -0.15) is 0 Å². The summed E-state index contributed by atoms with van der Waals surface area (Å²) in [6.07, 6.45) is 1.71. The van der Waals surface area contributed by atoms with Crippen LogP contribution in [0.1, 0.15) is 30.3 Å². The highest BCUT2D eigenvalue weighted by atomic mass is 35.5. The number of carbonyl (C=O) groups excluding carboxylic acids is 2. The third kappa shape index (κ3) is 4.64. The Bertz CT molecular complexity index is 1160. The number of halogens is 1. The molecular formula is C27H31ClN4O2. The number of anilines is 1. The molecule has 7 heteroatoms. The number of fused-ring (bicyclic) bond motifs is 1. The highest BCUT2D eigenvalue weighted by Gasteiger charge is 2.33. The van der Waals surface area contributed by atoms with Gasteiger partial charge in [0.1, 0.15) is 5.69 Å². The normalized spacial score (nSPS) is 18.4. The van der Waals surface area contributed by atoms with Crippen molar-refractivity contribution >= 4 is 40.0 Å². The third-order valence-corrected chi connectivity index (χ3v) is 7.68. The van der Waals surface area contributed by atoms with Gasteiger partial charge in [0.2, 0.25) is 5.91 Å². The Morgan fingerprint density at radius 2 is 1.62 bits per heavy atom. The quantitative estimate of drug-likeness (QED) is 0.593. The predicted molar refractivity (Wildman–Crippen MR) is 136 cm³/mol. The SMILES string of the molecule is C[C@H](C(=O)N1CCN(c2ccccc2)CC1)C1CCN(C(=O)c2cc3cc(Cl)ccc3[nH]2)CC1. The minimum absolute atomic E-state index is 0.0155. The van der Waals surface area contributed by atoms with Gasteiger partial charge >= 0.3 is 0 Å². The van der Waals surface area contributed by atoms with E-state index in [1.807, 2.05) is 40.1 Å². The van der Waals surface area contributed by atoms with E-state index in [2.05, 4.69) is 41.1 Å². The Hall–Kier alpha value is -2.99. The van der Waals surface area contributed by atoms with Gasteiger partial charge in [0.25, 0.3) is 5.91 Å². The van der Waals surface area contributed by atoms with Gasteiger partial charge in [0, 0.05) is 66.8 Å². The number of piperidine rings is 1. The Labute approximate surface area is 205 Å². The third-order valence-electron chi connectivity index (χ3n) is 7.45. The molecule has 3 heterocycles. The fraction of sp³-hybridized carbons (Fsp3) is 0.407. The number of aromatic nitrogens is 1. The Morgan fingerprint density at radius 1 is 0.912 bits per heavy atom. The Balaban J connectivity index is 1.13. The first-order valence-corrected chi connectivity index (χ1v) is 12.5. The molecule has 2 aliphatic rings. The Kier molecular flexibility index (Phi) is 6.50. The zero-order valence-electron chi connectivity index (χ0n) is 19.5. The molecule has 2 fully saturated rings. The molecule has 6 nitrogen and oxygen atoms in total. The number of piperazine rings is 1. The van der Waals surface area contributed by atoms with Crippen LogP contribution >= 0.6 is 11.6 Å². The van der Waals surface area contributed by atoms with E-state index >= 15 is 0 Å². The van der Waals surface area contributed by atoms with Crippen molar-refractivity contribution in [3.8, 4) is 0 Å². The molecule has 0 bridgehead atoms. The van der Waals surface area contributed by atoms with Crippen LogP contribution in [-0.2, 0) is 4.79 Å². The molecule has 5 rings (SSSR count). The second-order valence-electron chi connectivity index (χ2n) is 9.48. The van der Waals surface area contributed by atoms with Crippen LogP contribution in [0.15, 0.2) is 54.6 Å². The number of para-hydroxylation sites is 1. The van der Waals surface area contributed by atoms with Crippen molar-refractivity contribution < 1.29 is 9.59 Å². The highest BCUT2D eigenvalue weighted by molar-refractivity contribution is 6.31. The van der Waals surface area contributed by atoms with Crippen LogP contribution in [-0.4, -0.2) is 65.9 Å². The van der Waals surface area contributed by atoms with Crippen LogP contribution in [0.4, 0.5) is 5.69 Å². The second-order valence-corrected chi connectivity index (χ2v) is 9.92. The zero-order chi connectivity index (χ0) is 23.7. The first-order valence-electron chi connectivity index (χ1n) is 12.2. The number of nitrogens with one attached hydrogen (secondary N) is 1. The number of aromatic amines is 1. The van der Waals surface area contributed by atoms with Crippen LogP contribution in [0.25, 0.3) is 10.9 Å². The van der Waals surface area contributed by atoms with Crippen molar-refractivity contribution in [3.05, 3.63) is 65.3 Å². The molecule has 2 aliphatic heterocycles. The van der Waals surface area contributed by atoms with Crippen LogP contribution in [0.2, 0.25) is 5.02 Å². The van der Waals surface area contributed by atoms with Crippen molar-refractivity contribution in [1.29, 1.82) is 0 Å². The molecule has 2 amide bonds. The smallest absolute Gasteiger partial charge is 0.270 e. The molecule has 34 heavy (non-hydrogen) atoms. The van der Waals surface area contributed by atoms with E-state index in [0.29, 0.717) is 29.7 Å². The lowest BCUT2D eigenvalue weighted by atomic mass is 9.84. The monoisotopic (exact) mass is 478 g/mol. The van der Waals surface area contributed by atoms with E-state index in [4.69, 9.17) is 11.6 Å². The van der Waals surface area contributed by atoms with Gasteiger partial charge < -0.3 is 19.7 Å². The maximum atomic E-state index is 13.2. The van der Waals surface area contributed by atoms with Gasteiger partial charge in [-0.05, 0) is 55.2 Å². The van der Waals surface area contributed by atoms with E-state index in [1.165, 1.54) is 5.69 Å². The molecule has 3 aromatic rings. The summed E-state index contributed by atoms with van der Waals surface area (Å²) in [4.78, 5) is 35.7. The van der Waals surface area contributed by atoms with Crippen LogP contribution in [0.5, 0.6) is 0 Å². The first-order chi connectivity index (χ1) is 16.5. The molecule has 0 unspecified atom stereocenters. The lowest BCUT2D eigenvalue weighted by Crippen LogP contribution is -2.51. The van der Waals surface area contributed by atoms with E-state index in [1.54, 1.807) is 0 Å². The number of carbonyl (C=O) groups is 2. The second kappa shape index (κ2) is 9.71. The molecule has 0 radical (unpaired) electrons. The average Bonchev–Trinajstić information content (AvgIpc) is 3.31. The molecule has 1 N–H and O–H groups in total. The fourth-order valence-electron chi connectivity index (χ4n) is 5.31. The van der Waals surface area contributed by atoms with Crippen LogP contribution in [0.3, 0.4) is 0 Å². The molecule has 1 aromatic heterocycles. The summed E-state index contributed by atoms with van der Waals surface area (Å²) in [5, 5.41) is 1.60. The molecule has 2 saturated heterocycles. The zero-order valence-corrected chi connectivity index (χ0v) is 20.3. The van der Waals surface area contributed by atoms with Gasteiger partial charge in [0.05, 0.1) is 0 Å². The van der Waals surface area contributed by atoms with Gasteiger partial charge in [-0.3, -0.25) is 9.59 Å². The molecule has 0 saturated carbocycles. The topological polar surface area (TPSA) is 59.7 Å². The van der Waals surface area contributed by atoms with Crippen molar-refractivity contribution in [2.75, 3.05) is 44.2 Å². The standard InChI is InChI=1S/C27H31ClN4O2/c1-19(26(33)32-15-13-30(14-16-32)23-5-3-2-4-6-23)20-9-11-31(12-10-20)27(34)25-18-21-17-22(28)7-8-24(21)29-25/h2-8,17-20,29H,9-16H2,1H3/t19-/m0/s1. The molecule has 0 spiro atoms. The fourth-order valence-corrected chi connectivity index (χ4v) is 5.49. The summed E-state index contributed by atoms with van der Waals surface area (Å²) < 4.78 is 0. The molecule has 0 aliphatic carbocycles. The van der Waals surface area contributed by atoms with Gasteiger partial charge in [-0.15, -0.1) is 0 Å². The molecular weight excluding hydrogens is 448 g/mol. The number of H-pyrrole nitrogens is 1. The number of rotatable bonds is 4. The number of nitrogens with zero attached hydrogens (tertiary/aromatic N) is 3. The van der Waals surface area contributed by atoms with Crippen molar-refractivity contribution in [2.24, 2.45) is 11.8 Å². The predicted octanol–water partition coefficient (Wildman–Crippen LogP) is 4.66. The number of benzene rings is 2. The summed E-state index contributed by atoms with van der Waals surface area (Å²) in [5.41, 5.74) is 2.73. The van der Waals surface area contributed by atoms with Crippen LogP contribution < -0.4 is 4.90 Å². The van der Waals surface area contributed by atoms with E-state index < -0.39 is 0 Å². The maximum absolute atomic E-state index is 13.2. The van der Waals surface area contributed by atoms with E-state index in [0.717, 1.165) is 49.9 Å². The molecule has 2 aromatic carbocycles. The van der Waals surface area contributed by atoms with Gasteiger partial charge in [-0.25, -0.2) is 0 Å². The summed E-state index contributed by atoms with van der Waals surface area (Å²) in [5.74, 6) is 0.563. The van der Waals surface area contributed by atoms with Crippen LogP contribution in [0, 0.1) is 11.8 Å². The van der Waals surface area contributed by atoms with E-state index in [-0.39, 0.29) is 17.7 Å². The minimum Gasteiger partial charge on any atom is -0.368 e. The van der Waals surface area contributed by atoms with Crippen molar-refractivity contribution in [1.82, 2.24) is 14.8 Å². The number of hydrogen-bond acceptors (Lipinski definition) is 3. The van der Waals surface area contributed by atoms with Crippen molar-refractivity contribution in [2.45, 2.75) is 19.8 Å². The summed E-state index contributed by atoms with van der Waals surface area (Å²) in [7, 11) is 0. The lowest BCUT2D eigenvalue weighted by Gasteiger charge is -2.39. The largest absolute Gasteiger partial charge is 0.368 e. The number of hydrogen-bond donors (Lipinski definition) is 1. The van der Waals surface area contributed by atoms with E-state index in [9.17, 15) is 9.59 Å². The Morgan fingerprint density at radius 3 is 2.32 bits per heavy atom. The lowest BCUT2D eigenvalue weighted by molar-refractivity contribution is -0.137. The maximum Gasteiger partial charge on any atom is 0.270 e. The molecule has 178 valence electrons. The highest BCUT2D eigenvalue weighted by Crippen LogP contribution is 2.29. The van der Waals surface area contributed by atoms with Gasteiger partial charge in [-0.1, -0.05) is 36.7 Å². The number of likely N-dealkylation sites (tertiary alicyclic amines) is 1. The summed E-state index contributed by atoms with van der Waals surface area (Å²) >= 11 is 6.08. The van der Waals surface area contributed by atoms with Gasteiger partial charge in [0.15, 0.2) is 0 Å². The minimum atomic E-state index is -0.0178. The number of amides is 2. The summed E-state index contributed by atoms with van der Waals surface area (Å²) in [6.45, 7) is 6.68. The van der Waals surface area contributed by atoms with Crippen molar-refractivity contribution in [3.63, 3.8) is 0 Å². The summed E-state index contributed by atoms with van der Waals surface area (Å²) in [6, 6.07) is 17.8. The average molecular weight is 479 g/mol.